The maximum atomic E-state index is 4.76. The Morgan fingerprint density at radius 1 is 0.833 bits per heavy atom. The summed E-state index contributed by atoms with van der Waals surface area (Å²) in [4.78, 5) is 0. The zero-order valence-corrected chi connectivity index (χ0v) is 8.98. The fourth-order valence-electron chi connectivity index (χ4n) is 0. The molecule has 0 amide bonds. The molecule has 0 aliphatic carbocycles. The first-order valence-corrected chi connectivity index (χ1v) is 4.17. The van der Waals surface area contributed by atoms with Crippen LogP contribution in [0.25, 0.3) is 0 Å². The molecule has 0 atom stereocenters. The van der Waals surface area contributed by atoms with Gasteiger partial charge in [-0.2, -0.15) is 0 Å². The quantitative estimate of drug-likeness (QED) is 0.557. The summed E-state index contributed by atoms with van der Waals surface area (Å²) in [6, 6.07) is 0. The average molecular weight is 228 g/mol. The standard InChI is InChI=1S/4ClH.H2O.Zn/h4*1H;1H2;/q;;;;;+1/p-1. The molecule has 0 aromatic heterocycles. The molecule has 0 heterocycles. The molecule has 0 saturated heterocycles. The van der Waals surface area contributed by atoms with Crippen LogP contribution in [-0.4, -0.2) is 5.48 Å². The first kappa shape index (κ1) is 46.8. The van der Waals surface area contributed by atoms with Gasteiger partial charge in [-0.1, -0.05) is 0 Å². The number of hydrogen-bond acceptors (Lipinski definition) is 0. The number of rotatable bonds is 0. The van der Waals surface area contributed by atoms with Crippen molar-refractivity contribution in [3.05, 3.63) is 0 Å². The van der Waals surface area contributed by atoms with E-state index in [1.54, 1.807) is 0 Å². The van der Waals surface area contributed by atoms with Crippen LogP contribution in [-0.2, 0) is 17.3 Å². The summed E-state index contributed by atoms with van der Waals surface area (Å²) in [6.07, 6.45) is 0. The minimum absolute atomic E-state index is 0. The Hall–Kier alpha value is 1.74. The maximum absolute atomic E-state index is 4.76. The van der Waals surface area contributed by atoms with E-state index in [1.165, 1.54) is 0 Å². The zero-order chi connectivity index (χ0) is 2.00. The van der Waals surface area contributed by atoms with Gasteiger partial charge in [-0.05, 0) is 0 Å². The van der Waals surface area contributed by atoms with Crippen molar-refractivity contribution in [3.63, 3.8) is 0 Å². The van der Waals surface area contributed by atoms with Gasteiger partial charge in [-0.25, -0.2) is 0 Å². The molecular formula is H5Cl4OZn. The van der Waals surface area contributed by atoms with E-state index in [9.17, 15) is 0 Å². The van der Waals surface area contributed by atoms with Crippen LogP contribution >= 0.6 is 46.9 Å². The van der Waals surface area contributed by atoms with Crippen molar-refractivity contribution >= 4 is 46.9 Å². The van der Waals surface area contributed by atoms with E-state index in [0.29, 0.717) is 0 Å². The zero-order valence-electron chi connectivity index (χ0n) is 2.81. The van der Waals surface area contributed by atoms with Crippen molar-refractivity contribution in [2.45, 2.75) is 0 Å². The molecule has 1 nitrogen and oxygen atoms in total. The average Bonchev–Trinajstić information content (AvgIpc) is 1.00. The van der Waals surface area contributed by atoms with E-state index >= 15 is 0 Å². The molecule has 0 fully saturated rings. The topological polar surface area (TPSA) is 31.5 Å². The Balaban J connectivity index is -0.000000000833. The van der Waals surface area contributed by atoms with Crippen molar-refractivity contribution in [1.82, 2.24) is 0 Å². The van der Waals surface area contributed by atoms with Crippen molar-refractivity contribution in [3.8, 4) is 0 Å². The van der Waals surface area contributed by atoms with E-state index in [-0.39, 0.29) is 42.7 Å². The molecule has 0 saturated carbocycles. The second-order valence-electron chi connectivity index (χ2n) is 0. The van der Waals surface area contributed by atoms with Crippen LogP contribution in [0.5, 0.6) is 0 Å². The summed E-state index contributed by atoms with van der Waals surface area (Å²) in [5.74, 6) is 0. The molecule has 41 valence electrons. The Labute approximate surface area is 69.5 Å². The summed E-state index contributed by atoms with van der Waals surface area (Å²) in [5, 5.41) is 0. The summed E-state index contributed by atoms with van der Waals surface area (Å²) in [6.45, 7) is 0. The van der Waals surface area contributed by atoms with Crippen molar-refractivity contribution in [2.24, 2.45) is 0 Å². The third-order valence-electron chi connectivity index (χ3n) is 0. The molecule has 0 aromatic carbocycles. The fourth-order valence-corrected chi connectivity index (χ4v) is 0. The van der Waals surface area contributed by atoms with Crippen LogP contribution in [0.1, 0.15) is 0 Å². The first-order valence-electron chi connectivity index (χ1n) is 0.267. The predicted molar refractivity (Wildman–Crippen MR) is 31.2 cm³/mol. The van der Waals surface area contributed by atoms with Crippen LogP contribution in [0.15, 0.2) is 0 Å². The van der Waals surface area contributed by atoms with Gasteiger partial charge in [-0.3, -0.25) is 0 Å². The molecule has 0 aliphatic rings. The SMILES string of the molecule is Cl.Cl.Cl.O.[Cl][Zn]. The van der Waals surface area contributed by atoms with Crippen molar-refractivity contribution < 1.29 is 22.8 Å². The summed E-state index contributed by atoms with van der Waals surface area (Å²) < 4.78 is 0. The van der Waals surface area contributed by atoms with Gasteiger partial charge in [0, 0.05) is 0 Å². The minimum atomic E-state index is 0. The normalized spacial score (nSPS) is 1.17. The number of hydrogen-bond donors (Lipinski definition) is 0. The molecule has 0 unspecified atom stereocenters. The van der Waals surface area contributed by atoms with Gasteiger partial charge in [0.1, 0.15) is 0 Å². The van der Waals surface area contributed by atoms with Gasteiger partial charge in [0.05, 0.1) is 0 Å². The third-order valence-corrected chi connectivity index (χ3v) is 0. The summed E-state index contributed by atoms with van der Waals surface area (Å²) in [7, 11) is 4.76. The van der Waals surface area contributed by atoms with Crippen LogP contribution in [0.4, 0.5) is 0 Å². The van der Waals surface area contributed by atoms with Crippen molar-refractivity contribution in [2.75, 3.05) is 0 Å². The predicted octanol–water partition coefficient (Wildman–Crippen LogP) is 1.13. The molecular weight excluding hydrogens is 223 g/mol. The molecule has 6 heavy (non-hydrogen) atoms. The first-order chi connectivity index (χ1) is 1.00. The van der Waals surface area contributed by atoms with E-state index in [2.05, 4.69) is 0 Å². The molecule has 0 aromatic rings. The molecule has 2 N–H and O–H groups in total. The molecule has 6 heteroatoms. The van der Waals surface area contributed by atoms with Gasteiger partial charge < -0.3 is 5.48 Å². The van der Waals surface area contributed by atoms with E-state index in [4.69, 9.17) is 9.69 Å². The second-order valence-corrected chi connectivity index (χ2v) is 0. The molecule has 0 aliphatic heterocycles. The van der Waals surface area contributed by atoms with E-state index in [0.717, 1.165) is 17.3 Å². The Bertz CT molecular complexity index is 7.51. The molecule has 0 bridgehead atoms. The van der Waals surface area contributed by atoms with Gasteiger partial charge >= 0.3 is 27.0 Å². The summed E-state index contributed by atoms with van der Waals surface area (Å²) in [5.41, 5.74) is 0. The monoisotopic (exact) mass is 225 g/mol. The molecule has 0 rings (SSSR count). The Kier molecular flexibility index (Phi) is 571. The van der Waals surface area contributed by atoms with Crippen LogP contribution in [0.2, 0.25) is 0 Å². The van der Waals surface area contributed by atoms with Gasteiger partial charge in [0.25, 0.3) is 0 Å². The molecule has 0 spiro atoms. The van der Waals surface area contributed by atoms with E-state index in [1.807, 2.05) is 0 Å². The van der Waals surface area contributed by atoms with Crippen LogP contribution < -0.4 is 0 Å². The van der Waals surface area contributed by atoms with E-state index < -0.39 is 0 Å². The third kappa shape index (κ3) is 42.5. The second kappa shape index (κ2) is 73.2. The Morgan fingerprint density at radius 3 is 0.833 bits per heavy atom. The Morgan fingerprint density at radius 2 is 0.833 bits per heavy atom. The van der Waals surface area contributed by atoms with Crippen molar-refractivity contribution in [1.29, 1.82) is 0 Å². The van der Waals surface area contributed by atoms with Crippen LogP contribution in [0, 0.1) is 0 Å². The fraction of sp³-hybridized carbons (Fsp3) is 0. The number of halogens is 4. The van der Waals surface area contributed by atoms with Crippen LogP contribution in [0.3, 0.4) is 0 Å². The van der Waals surface area contributed by atoms with Gasteiger partial charge in [0.2, 0.25) is 0 Å². The van der Waals surface area contributed by atoms with Gasteiger partial charge in [0.15, 0.2) is 0 Å². The van der Waals surface area contributed by atoms with Gasteiger partial charge in [-0.15, -0.1) is 37.2 Å². The molecule has 0 radical (unpaired) electrons. The summed E-state index contributed by atoms with van der Waals surface area (Å²) >= 11 is 0.847.